The van der Waals surface area contributed by atoms with Crippen molar-refractivity contribution in [3.63, 3.8) is 0 Å². The van der Waals surface area contributed by atoms with Crippen molar-refractivity contribution in [1.29, 1.82) is 0 Å². The molecular weight excluding hydrogens is 470 g/mol. The zero-order chi connectivity index (χ0) is 24.6. The summed E-state index contributed by atoms with van der Waals surface area (Å²) in [5.41, 5.74) is 2.82. The Balaban J connectivity index is 1.48. The maximum atomic E-state index is 13.2. The van der Waals surface area contributed by atoms with Crippen molar-refractivity contribution < 1.29 is 38.7 Å². The number of carbonyl (C=O) groups excluding carboxylic acids is 2. The summed E-state index contributed by atoms with van der Waals surface area (Å²) in [7, 11) is 0. The lowest BCUT2D eigenvalue weighted by atomic mass is 9.95. The molecule has 11 nitrogen and oxygen atoms in total. The van der Waals surface area contributed by atoms with Crippen molar-refractivity contribution in [2.45, 2.75) is 12.6 Å². The molecule has 0 bridgehead atoms. The Labute approximate surface area is 202 Å². The van der Waals surface area contributed by atoms with Gasteiger partial charge >= 0.3 is 0 Å². The van der Waals surface area contributed by atoms with Crippen molar-refractivity contribution in [2.75, 3.05) is 20.2 Å². The van der Waals surface area contributed by atoms with E-state index in [4.69, 9.17) is 18.9 Å². The Hall–Kier alpha value is -4.48. The van der Waals surface area contributed by atoms with Crippen molar-refractivity contribution in [1.82, 2.24) is 14.9 Å². The van der Waals surface area contributed by atoms with E-state index >= 15 is 0 Å². The minimum absolute atomic E-state index is 0.0644. The number of nitrogens with one attached hydrogen (secondary N) is 2. The summed E-state index contributed by atoms with van der Waals surface area (Å²) >= 11 is 0. The number of nitrogens with zero attached hydrogens (tertiary/aromatic N) is 1. The van der Waals surface area contributed by atoms with E-state index in [2.05, 4.69) is 10.3 Å². The topological polar surface area (TPSA) is 144 Å². The van der Waals surface area contributed by atoms with Crippen molar-refractivity contribution in [2.24, 2.45) is 0 Å². The van der Waals surface area contributed by atoms with Gasteiger partial charge in [-0.2, -0.15) is 0 Å². The predicted molar refractivity (Wildman–Crippen MR) is 126 cm³/mol. The third-order valence-corrected chi connectivity index (χ3v) is 6.64. The summed E-state index contributed by atoms with van der Waals surface area (Å²) in [5.74, 6) is 1.13. The molecule has 4 N–H and O–H groups in total. The van der Waals surface area contributed by atoms with E-state index < -0.39 is 24.5 Å². The Kier molecular flexibility index (Phi) is 4.35. The highest BCUT2D eigenvalue weighted by Crippen LogP contribution is 2.44. The molecule has 36 heavy (non-hydrogen) atoms. The summed E-state index contributed by atoms with van der Waals surface area (Å²) in [5, 5.41) is 23.3. The molecule has 3 aliphatic heterocycles. The Bertz CT molecular complexity index is 1650. The molecule has 1 unspecified atom stereocenters. The Morgan fingerprint density at radius 2 is 1.47 bits per heavy atom. The van der Waals surface area contributed by atoms with Gasteiger partial charge in [0.15, 0.2) is 23.0 Å². The third-order valence-electron chi connectivity index (χ3n) is 6.64. The first-order valence-electron chi connectivity index (χ1n) is 11.2. The summed E-state index contributed by atoms with van der Waals surface area (Å²) in [6.45, 7) is -0.187. The van der Waals surface area contributed by atoms with Crippen LogP contribution in [0.5, 0.6) is 23.0 Å². The number of hydrogen-bond acceptors (Lipinski definition) is 8. The van der Waals surface area contributed by atoms with Gasteiger partial charge in [0.25, 0.3) is 11.8 Å². The van der Waals surface area contributed by atoms with Gasteiger partial charge in [-0.15, -0.1) is 0 Å². The van der Waals surface area contributed by atoms with Crippen LogP contribution in [-0.2, 0) is 16.1 Å². The van der Waals surface area contributed by atoms with Crippen LogP contribution in [0, 0.1) is 0 Å². The lowest BCUT2D eigenvalue weighted by Crippen LogP contribution is -2.22. The monoisotopic (exact) mass is 489 g/mol. The molecule has 0 spiro atoms. The van der Waals surface area contributed by atoms with Crippen LogP contribution in [0.25, 0.3) is 33.0 Å². The van der Waals surface area contributed by atoms with E-state index in [9.17, 15) is 19.8 Å². The van der Waals surface area contributed by atoms with Gasteiger partial charge in [0, 0.05) is 51.9 Å². The summed E-state index contributed by atoms with van der Waals surface area (Å²) in [6, 6.07) is 7.08. The number of aromatic nitrogens is 2. The number of aliphatic hydroxyl groups excluding tert-OH is 2. The molecule has 4 aromatic rings. The van der Waals surface area contributed by atoms with Crippen LogP contribution in [-0.4, -0.2) is 57.9 Å². The van der Waals surface area contributed by atoms with Crippen molar-refractivity contribution in [3.8, 4) is 23.0 Å². The fourth-order valence-electron chi connectivity index (χ4n) is 5.00. The van der Waals surface area contributed by atoms with Crippen LogP contribution >= 0.6 is 0 Å². The molecule has 0 saturated carbocycles. The lowest BCUT2D eigenvalue weighted by molar-refractivity contribution is -0.122. The van der Waals surface area contributed by atoms with Gasteiger partial charge in [0.05, 0.1) is 35.9 Å². The first-order valence-corrected chi connectivity index (χ1v) is 11.2. The molecule has 7 rings (SSSR count). The number of hydrogen-bond donors (Lipinski definition) is 4. The van der Waals surface area contributed by atoms with E-state index in [0.717, 1.165) is 5.52 Å². The molecule has 5 heterocycles. The number of H-pyrrole nitrogens is 1. The number of amides is 2. The van der Waals surface area contributed by atoms with Crippen LogP contribution in [0.15, 0.2) is 36.7 Å². The molecule has 0 saturated heterocycles. The summed E-state index contributed by atoms with van der Waals surface area (Å²) in [6.07, 6.45) is 2.34. The molecule has 11 heteroatoms. The smallest absolute Gasteiger partial charge is 0.259 e. The second kappa shape index (κ2) is 7.51. The highest BCUT2D eigenvalue weighted by atomic mass is 16.7. The molecule has 3 aliphatic rings. The first kappa shape index (κ1) is 20.9. The number of fused-ring (bicyclic) bond motifs is 4. The molecule has 2 amide bonds. The molecule has 0 radical (unpaired) electrons. The molecule has 2 aromatic heterocycles. The molecule has 2 aromatic carbocycles. The van der Waals surface area contributed by atoms with Crippen molar-refractivity contribution in [3.05, 3.63) is 47.8 Å². The van der Waals surface area contributed by atoms with Gasteiger partial charge in [0.2, 0.25) is 13.6 Å². The van der Waals surface area contributed by atoms with E-state index in [0.29, 0.717) is 50.4 Å². The van der Waals surface area contributed by atoms with Gasteiger partial charge in [-0.25, -0.2) is 0 Å². The number of ether oxygens (including phenoxy) is 4. The number of imide groups is 1. The van der Waals surface area contributed by atoms with Gasteiger partial charge < -0.3 is 38.7 Å². The van der Waals surface area contributed by atoms with Gasteiger partial charge in [-0.3, -0.25) is 14.9 Å². The average molecular weight is 489 g/mol. The zero-order valence-corrected chi connectivity index (χ0v) is 18.7. The first-order chi connectivity index (χ1) is 17.5. The standard InChI is InChI=1S/C25H19N3O8/c29-8-11(30)6-28-7-15(13-2-19-21(4-17(13)28)36-10-34-19)23-22(24(31)27-25(23)32)14-5-26-16-3-20-18(1-12(14)16)33-9-35-20/h1-5,7,11,26,29-30H,6,8-10H2,(H,27,31,32). The zero-order valence-electron chi connectivity index (χ0n) is 18.7. The number of benzene rings is 2. The maximum absolute atomic E-state index is 13.2. The fourth-order valence-corrected chi connectivity index (χ4v) is 5.00. The minimum Gasteiger partial charge on any atom is -0.454 e. The summed E-state index contributed by atoms with van der Waals surface area (Å²) in [4.78, 5) is 29.4. The van der Waals surface area contributed by atoms with Gasteiger partial charge in [-0.05, 0) is 12.1 Å². The van der Waals surface area contributed by atoms with E-state index in [1.54, 1.807) is 41.2 Å². The number of carbonyl (C=O) groups is 2. The van der Waals surface area contributed by atoms with Crippen molar-refractivity contribution >= 4 is 44.8 Å². The van der Waals surface area contributed by atoms with E-state index in [-0.39, 0.29) is 31.3 Å². The van der Waals surface area contributed by atoms with Crippen LogP contribution < -0.4 is 24.3 Å². The normalized spacial score (nSPS) is 17.1. The van der Waals surface area contributed by atoms with E-state index in [1.165, 1.54) is 0 Å². The average Bonchev–Trinajstić information content (AvgIpc) is 3.68. The maximum Gasteiger partial charge on any atom is 0.259 e. The second-order valence-electron chi connectivity index (χ2n) is 8.74. The number of aromatic amines is 1. The van der Waals surface area contributed by atoms with Crippen LogP contribution in [0.3, 0.4) is 0 Å². The molecule has 182 valence electrons. The molecule has 0 fully saturated rings. The predicted octanol–water partition coefficient (Wildman–Crippen LogP) is 1.50. The Morgan fingerprint density at radius 1 is 0.861 bits per heavy atom. The highest BCUT2D eigenvalue weighted by molar-refractivity contribution is 6.50. The summed E-state index contributed by atoms with van der Waals surface area (Å²) < 4.78 is 23.7. The number of aliphatic hydroxyl groups is 2. The van der Waals surface area contributed by atoms with Crippen LogP contribution in [0.4, 0.5) is 0 Å². The highest BCUT2D eigenvalue weighted by Gasteiger charge is 2.36. The minimum atomic E-state index is -1.02. The second-order valence-corrected chi connectivity index (χ2v) is 8.74. The SMILES string of the molecule is O=C1NC(=O)C(c2cn(CC(O)CO)c3cc4c(cc23)OCO4)=C1c1c[nH]c2cc3c(cc12)OCO3. The molecular formula is C25H19N3O8. The third kappa shape index (κ3) is 2.93. The fraction of sp³-hybridized carbons (Fsp3) is 0.200. The largest absolute Gasteiger partial charge is 0.454 e. The van der Waals surface area contributed by atoms with Gasteiger partial charge in [0.1, 0.15) is 0 Å². The van der Waals surface area contributed by atoms with Crippen LogP contribution in [0.1, 0.15) is 11.1 Å². The molecule has 1 atom stereocenters. The Morgan fingerprint density at radius 3 is 2.17 bits per heavy atom. The van der Waals surface area contributed by atoms with E-state index in [1.807, 2.05) is 0 Å². The lowest BCUT2D eigenvalue weighted by Gasteiger charge is -2.10. The number of rotatable bonds is 5. The molecule has 0 aliphatic carbocycles. The quantitative estimate of drug-likeness (QED) is 0.309. The van der Waals surface area contributed by atoms with Crippen LogP contribution in [0.2, 0.25) is 0 Å². The van der Waals surface area contributed by atoms with Gasteiger partial charge in [-0.1, -0.05) is 0 Å².